The maximum atomic E-state index is 9.20. The topological polar surface area (TPSA) is 38.7 Å². The lowest BCUT2D eigenvalue weighted by atomic mass is 10.0. The predicted molar refractivity (Wildman–Crippen MR) is 67.4 cm³/mol. The fraction of sp³-hybridized carbons (Fsp3) is 0.500. The number of hydrogen-bond acceptors (Lipinski definition) is 3. The second-order valence-corrected chi connectivity index (χ2v) is 4.40. The van der Waals surface area contributed by atoms with Crippen LogP contribution in [0.1, 0.15) is 25.3 Å². The van der Waals surface area contributed by atoms with Crippen LogP contribution >= 0.6 is 15.9 Å². The van der Waals surface area contributed by atoms with Crippen LogP contribution in [0.15, 0.2) is 16.6 Å². The molecule has 0 aliphatic carbocycles. The lowest BCUT2D eigenvalue weighted by molar-refractivity contribution is 0.266. The van der Waals surface area contributed by atoms with Crippen molar-refractivity contribution in [3.8, 4) is 11.5 Å². The number of hydrogen-bond donors (Lipinski definition) is 1. The summed E-state index contributed by atoms with van der Waals surface area (Å²) < 4.78 is 11.6. The number of benzene rings is 1. The molecule has 0 aromatic heterocycles. The highest BCUT2D eigenvalue weighted by molar-refractivity contribution is 9.10. The first-order chi connectivity index (χ1) is 7.63. The van der Waals surface area contributed by atoms with E-state index in [4.69, 9.17) is 9.47 Å². The van der Waals surface area contributed by atoms with Gasteiger partial charge in [0.05, 0.1) is 18.2 Å². The summed E-state index contributed by atoms with van der Waals surface area (Å²) in [6, 6.07) is 3.78. The van der Waals surface area contributed by atoms with E-state index in [0.717, 1.165) is 21.5 Å². The van der Waals surface area contributed by atoms with Crippen molar-refractivity contribution in [3.05, 3.63) is 22.2 Å². The molecule has 0 amide bonds. The quantitative estimate of drug-likeness (QED) is 0.905. The van der Waals surface area contributed by atoms with E-state index in [-0.39, 0.29) is 12.5 Å². The Morgan fingerprint density at radius 1 is 1.38 bits per heavy atom. The van der Waals surface area contributed by atoms with Crippen molar-refractivity contribution in [2.75, 3.05) is 20.3 Å². The monoisotopic (exact) mass is 288 g/mol. The molecule has 3 nitrogen and oxygen atoms in total. The summed E-state index contributed by atoms with van der Waals surface area (Å²) in [5.41, 5.74) is 0.983. The van der Waals surface area contributed by atoms with Crippen LogP contribution in [0, 0.1) is 0 Å². The number of aliphatic hydroxyl groups is 1. The molecule has 16 heavy (non-hydrogen) atoms. The van der Waals surface area contributed by atoms with Gasteiger partial charge in [-0.15, -0.1) is 0 Å². The molecule has 0 heterocycles. The lowest BCUT2D eigenvalue weighted by Gasteiger charge is -2.16. The molecule has 1 unspecified atom stereocenters. The van der Waals surface area contributed by atoms with Crippen LogP contribution < -0.4 is 9.47 Å². The zero-order valence-corrected chi connectivity index (χ0v) is 11.4. The van der Waals surface area contributed by atoms with Crippen LogP contribution in [-0.4, -0.2) is 25.4 Å². The molecule has 1 rings (SSSR count). The molecular formula is C12H17BrO3. The van der Waals surface area contributed by atoms with Crippen molar-refractivity contribution in [1.82, 2.24) is 0 Å². The molecule has 0 aliphatic heterocycles. The smallest absolute Gasteiger partial charge is 0.136 e. The Morgan fingerprint density at radius 3 is 2.56 bits per heavy atom. The van der Waals surface area contributed by atoms with E-state index < -0.39 is 0 Å². The van der Waals surface area contributed by atoms with Crippen molar-refractivity contribution in [1.29, 1.82) is 0 Å². The first-order valence-electron chi connectivity index (χ1n) is 5.25. The third-order valence-electron chi connectivity index (χ3n) is 2.39. The third kappa shape index (κ3) is 2.89. The average Bonchev–Trinajstić information content (AvgIpc) is 2.30. The van der Waals surface area contributed by atoms with Gasteiger partial charge in [-0.25, -0.2) is 0 Å². The van der Waals surface area contributed by atoms with Gasteiger partial charge >= 0.3 is 0 Å². The molecule has 1 aromatic rings. The van der Waals surface area contributed by atoms with Gasteiger partial charge in [0.25, 0.3) is 0 Å². The van der Waals surface area contributed by atoms with Crippen molar-refractivity contribution in [2.45, 2.75) is 19.8 Å². The van der Waals surface area contributed by atoms with Gasteiger partial charge in [0.1, 0.15) is 11.5 Å². The lowest BCUT2D eigenvalue weighted by Crippen LogP contribution is -2.04. The SMILES string of the molecule is CCOc1cc(OC)c(Br)cc1C(C)CO. The van der Waals surface area contributed by atoms with E-state index >= 15 is 0 Å². The number of rotatable bonds is 5. The molecule has 0 saturated carbocycles. The standard InChI is InChI=1S/C12H17BrO3/c1-4-16-11-6-12(15-3)10(13)5-9(11)8(2)7-14/h5-6,8,14H,4,7H2,1-3H3. The number of ether oxygens (including phenoxy) is 2. The second kappa shape index (κ2) is 6.11. The molecule has 0 radical (unpaired) electrons. The molecule has 90 valence electrons. The van der Waals surface area contributed by atoms with E-state index in [0.29, 0.717) is 6.61 Å². The third-order valence-corrected chi connectivity index (χ3v) is 3.01. The van der Waals surface area contributed by atoms with Crippen molar-refractivity contribution >= 4 is 15.9 Å². The van der Waals surface area contributed by atoms with Crippen molar-refractivity contribution in [3.63, 3.8) is 0 Å². The van der Waals surface area contributed by atoms with Gasteiger partial charge in [-0.05, 0) is 28.9 Å². The molecule has 0 bridgehead atoms. The molecular weight excluding hydrogens is 272 g/mol. The van der Waals surface area contributed by atoms with Crippen LogP contribution in [0.2, 0.25) is 0 Å². The Morgan fingerprint density at radius 2 is 2.06 bits per heavy atom. The molecule has 1 aromatic carbocycles. The summed E-state index contributed by atoms with van der Waals surface area (Å²) in [6.45, 7) is 4.58. The highest BCUT2D eigenvalue weighted by Gasteiger charge is 2.14. The van der Waals surface area contributed by atoms with E-state index in [1.54, 1.807) is 7.11 Å². The second-order valence-electron chi connectivity index (χ2n) is 3.54. The van der Waals surface area contributed by atoms with Crippen molar-refractivity contribution in [2.24, 2.45) is 0 Å². The molecule has 1 atom stereocenters. The summed E-state index contributed by atoms with van der Waals surface area (Å²) in [6.07, 6.45) is 0. The molecule has 0 saturated heterocycles. The minimum atomic E-state index is 0.0451. The van der Waals surface area contributed by atoms with Crippen LogP contribution in [0.4, 0.5) is 0 Å². The zero-order valence-electron chi connectivity index (χ0n) is 9.79. The van der Waals surface area contributed by atoms with Gasteiger partial charge in [0, 0.05) is 24.2 Å². The Kier molecular flexibility index (Phi) is 5.09. The molecule has 0 aliphatic rings. The Balaban J connectivity index is 3.18. The number of aliphatic hydroxyl groups excluding tert-OH is 1. The Bertz CT molecular complexity index is 352. The first-order valence-corrected chi connectivity index (χ1v) is 6.04. The van der Waals surface area contributed by atoms with Crippen LogP contribution in [0.3, 0.4) is 0 Å². The molecule has 1 N–H and O–H groups in total. The zero-order chi connectivity index (χ0) is 12.1. The highest BCUT2D eigenvalue weighted by Crippen LogP contribution is 2.36. The minimum Gasteiger partial charge on any atom is -0.495 e. The normalized spacial score (nSPS) is 12.3. The maximum absolute atomic E-state index is 9.20. The fourth-order valence-electron chi connectivity index (χ4n) is 1.47. The van der Waals surface area contributed by atoms with Gasteiger partial charge in [0.15, 0.2) is 0 Å². The molecule has 4 heteroatoms. The van der Waals surface area contributed by atoms with Crippen molar-refractivity contribution < 1.29 is 14.6 Å². The maximum Gasteiger partial charge on any atom is 0.136 e. The average molecular weight is 289 g/mol. The summed E-state index contributed by atoms with van der Waals surface area (Å²) in [4.78, 5) is 0. The van der Waals surface area contributed by atoms with Gasteiger partial charge in [-0.3, -0.25) is 0 Å². The van der Waals surface area contributed by atoms with Crippen LogP contribution in [0.25, 0.3) is 0 Å². The summed E-state index contributed by atoms with van der Waals surface area (Å²) in [5.74, 6) is 1.55. The van der Waals surface area contributed by atoms with Gasteiger partial charge < -0.3 is 14.6 Å². The first kappa shape index (κ1) is 13.3. The highest BCUT2D eigenvalue weighted by atomic mass is 79.9. The van der Waals surface area contributed by atoms with E-state index in [2.05, 4.69) is 15.9 Å². The van der Waals surface area contributed by atoms with E-state index in [1.807, 2.05) is 26.0 Å². The van der Waals surface area contributed by atoms with Gasteiger partial charge in [-0.2, -0.15) is 0 Å². The number of halogens is 1. The van der Waals surface area contributed by atoms with Crippen LogP contribution in [-0.2, 0) is 0 Å². The summed E-state index contributed by atoms with van der Waals surface area (Å²) in [5, 5.41) is 9.20. The molecule has 0 spiro atoms. The van der Waals surface area contributed by atoms with E-state index in [9.17, 15) is 5.11 Å². The Hall–Kier alpha value is -0.740. The fourth-order valence-corrected chi connectivity index (χ4v) is 1.99. The largest absolute Gasteiger partial charge is 0.495 e. The molecule has 0 fully saturated rings. The van der Waals surface area contributed by atoms with Gasteiger partial charge in [0.2, 0.25) is 0 Å². The van der Waals surface area contributed by atoms with E-state index in [1.165, 1.54) is 0 Å². The number of methoxy groups -OCH3 is 1. The van der Waals surface area contributed by atoms with Gasteiger partial charge in [-0.1, -0.05) is 6.92 Å². The van der Waals surface area contributed by atoms with Crippen LogP contribution in [0.5, 0.6) is 11.5 Å². The Labute approximate surface area is 105 Å². The minimum absolute atomic E-state index is 0.0451. The predicted octanol–water partition coefficient (Wildman–Crippen LogP) is 2.95. The summed E-state index contributed by atoms with van der Waals surface area (Å²) in [7, 11) is 1.62. The summed E-state index contributed by atoms with van der Waals surface area (Å²) >= 11 is 3.43.